The van der Waals surface area contributed by atoms with Crippen molar-refractivity contribution in [1.29, 1.82) is 0 Å². The van der Waals surface area contributed by atoms with Gasteiger partial charge in [0.05, 0.1) is 7.11 Å². The summed E-state index contributed by atoms with van der Waals surface area (Å²) in [5.41, 5.74) is 6.47. The Morgan fingerprint density at radius 2 is 2.11 bits per heavy atom. The van der Waals surface area contributed by atoms with E-state index in [1.807, 2.05) is 0 Å². The lowest BCUT2D eigenvalue weighted by atomic mass is 9.78. The van der Waals surface area contributed by atoms with E-state index in [0.29, 0.717) is 29.3 Å². The van der Waals surface area contributed by atoms with Gasteiger partial charge in [-0.05, 0) is 18.3 Å². The van der Waals surface area contributed by atoms with Crippen molar-refractivity contribution in [3.8, 4) is 5.88 Å². The number of hydrogen-bond acceptors (Lipinski definition) is 5. The molecule has 3 N–H and O–H groups in total. The normalized spacial score (nSPS) is 27.8. The Morgan fingerprint density at radius 3 is 2.83 bits per heavy atom. The van der Waals surface area contributed by atoms with Crippen molar-refractivity contribution >= 4 is 11.5 Å². The topological polar surface area (TPSA) is 73.1 Å². The van der Waals surface area contributed by atoms with Crippen LogP contribution in [0.25, 0.3) is 0 Å². The van der Waals surface area contributed by atoms with Crippen LogP contribution < -0.4 is 15.8 Å². The number of hydrogen-bond donors (Lipinski definition) is 2. The van der Waals surface area contributed by atoms with Gasteiger partial charge in [-0.3, -0.25) is 0 Å². The van der Waals surface area contributed by atoms with Crippen molar-refractivity contribution in [2.24, 2.45) is 11.8 Å². The average Bonchev–Trinajstić information content (AvgIpc) is 2.37. The molecular formula is C13H22N4O. The van der Waals surface area contributed by atoms with E-state index >= 15 is 0 Å². The third kappa shape index (κ3) is 2.49. The van der Waals surface area contributed by atoms with Crippen molar-refractivity contribution in [3.63, 3.8) is 0 Å². The molecule has 0 aliphatic heterocycles. The smallest absolute Gasteiger partial charge is 0.242 e. The zero-order valence-electron chi connectivity index (χ0n) is 11.3. The number of anilines is 2. The molecule has 1 aliphatic carbocycles. The van der Waals surface area contributed by atoms with E-state index in [4.69, 9.17) is 10.5 Å². The highest BCUT2D eigenvalue weighted by Crippen LogP contribution is 2.33. The minimum atomic E-state index is 0.427. The summed E-state index contributed by atoms with van der Waals surface area (Å²) in [6.07, 6.45) is 5.21. The Kier molecular flexibility index (Phi) is 3.89. The number of ether oxygens (including phenoxy) is 1. The molecule has 1 aliphatic rings. The lowest BCUT2D eigenvalue weighted by Crippen LogP contribution is -2.35. The van der Waals surface area contributed by atoms with Crippen LogP contribution in [0.4, 0.5) is 11.5 Å². The molecule has 1 heterocycles. The first-order chi connectivity index (χ1) is 8.63. The van der Waals surface area contributed by atoms with Crippen LogP contribution in [-0.2, 0) is 0 Å². The van der Waals surface area contributed by atoms with Crippen LogP contribution in [0.15, 0.2) is 6.33 Å². The lowest BCUT2D eigenvalue weighted by Gasteiger charge is -2.35. The molecule has 100 valence electrons. The fourth-order valence-corrected chi connectivity index (χ4v) is 2.62. The van der Waals surface area contributed by atoms with Gasteiger partial charge >= 0.3 is 0 Å². The summed E-state index contributed by atoms with van der Waals surface area (Å²) < 4.78 is 5.11. The predicted molar refractivity (Wildman–Crippen MR) is 72.6 cm³/mol. The van der Waals surface area contributed by atoms with Crippen LogP contribution in [0.3, 0.4) is 0 Å². The van der Waals surface area contributed by atoms with E-state index in [1.54, 1.807) is 7.11 Å². The standard InChI is InChI=1S/C13H22N4O/c1-8-5-4-6-10(9(8)2)17-12-11(14)13(18-3)16-7-15-12/h7-10H,4-6,14H2,1-3H3,(H,15,16,17). The summed E-state index contributed by atoms with van der Waals surface area (Å²) in [5.74, 6) is 2.48. The summed E-state index contributed by atoms with van der Waals surface area (Å²) in [6.45, 7) is 4.60. The van der Waals surface area contributed by atoms with Crippen LogP contribution >= 0.6 is 0 Å². The molecule has 5 heteroatoms. The van der Waals surface area contributed by atoms with E-state index in [9.17, 15) is 0 Å². The first-order valence-corrected chi connectivity index (χ1v) is 6.54. The molecule has 0 amide bonds. The first kappa shape index (κ1) is 12.9. The zero-order valence-corrected chi connectivity index (χ0v) is 11.3. The van der Waals surface area contributed by atoms with Crippen molar-refractivity contribution in [1.82, 2.24) is 9.97 Å². The Balaban J connectivity index is 2.13. The van der Waals surface area contributed by atoms with Crippen molar-refractivity contribution in [3.05, 3.63) is 6.33 Å². The molecule has 1 saturated carbocycles. The summed E-state index contributed by atoms with van der Waals surface area (Å²) >= 11 is 0. The van der Waals surface area contributed by atoms with Gasteiger partial charge in [-0.25, -0.2) is 4.98 Å². The number of nitrogens with one attached hydrogen (secondary N) is 1. The van der Waals surface area contributed by atoms with Crippen molar-refractivity contribution in [2.45, 2.75) is 39.2 Å². The fraction of sp³-hybridized carbons (Fsp3) is 0.692. The Bertz CT molecular complexity index is 410. The maximum atomic E-state index is 5.98. The second-order valence-electron chi connectivity index (χ2n) is 5.16. The van der Waals surface area contributed by atoms with Gasteiger partial charge in [0, 0.05) is 6.04 Å². The molecule has 5 nitrogen and oxygen atoms in total. The Morgan fingerprint density at radius 1 is 1.33 bits per heavy atom. The van der Waals surface area contributed by atoms with Gasteiger partial charge < -0.3 is 15.8 Å². The van der Waals surface area contributed by atoms with Gasteiger partial charge in [-0.1, -0.05) is 26.7 Å². The summed E-state index contributed by atoms with van der Waals surface area (Å²) in [7, 11) is 1.56. The molecule has 0 spiro atoms. The Labute approximate surface area is 108 Å². The number of rotatable bonds is 3. The minimum Gasteiger partial charge on any atom is -0.479 e. The minimum absolute atomic E-state index is 0.427. The number of methoxy groups -OCH3 is 1. The molecule has 1 aromatic heterocycles. The number of nitrogen functional groups attached to an aromatic ring is 1. The van der Waals surface area contributed by atoms with Gasteiger partial charge in [0.2, 0.25) is 5.88 Å². The molecule has 1 aromatic rings. The summed E-state index contributed by atoms with van der Waals surface area (Å²) in [6, 6.07) is 0.427. The van der Waals surface area contributed by atoms with Gasteiger partial charge in [0.25, 0.3) is 0 Å². The molecule has 2 rings (SSSR count). The second-order valence-corrected chi connectivity index (χ2v) is 5.16. The average molecular weight is 250 g/mol. The van der Waals surface area contributed by atoms with Gasteiger partial charge in [-0.15, -0.1) is 0 Å². The highest BCUT2D eigenvalue weighted by atomic mass is 16.5. The second kappa shape index (κ2) is 5.42. The maximum absolute atomic E-state index is 5.98. The van der Waals surface area contributed by atoms with E-state index in [2.05, 4.69) is 29.1 Å². The van der Waals surface area contributed by atoms with Crippen LogP contribution in [0.1, 0.15) is 33.1 Å². The monoisotopic (exact) mass is 250 g/mol. The van der Waals surface area contributed by atoms with Crippen molar-refractivity contribution in [2.75, 3.05) is 18.2 Å². The third-order valence-corrected chi connectivity index (χ3v) is 4.07. The van der Waals surface area contributed by atoms with Crippen LogP contribution in [0, 0.1) is 11.8 Å². The maximum Gasteiger partial charge on any atom is 0.242 e. The van der Waals surface area contributed by atoms with E-state index < -0.39 is 0 Å². The SMILES string of the molecule is COc1ncnc(NC2CCCC(C)C2C)c1N. The molecule has 0 radical (unpaired) electrons. The quantitative estimate of drug-likeness (QED) is 0.861. The highest BCUT2D eigenvalue weighted by Gasteiger charge is 2.27. The Hall–Kier alpha value is -1.52. The molecule has 0 bridgehead atoms. The summed E-state index contributed by atoms with van der Waals surface area (Å²) in [5, 5.41) is 3.45. The lowest BCUT2D eigenvalue weighted by molar-refractivity contribution is 0.253. The summed E-state index contributed by atoms with van der Waals surface area (Å²) in [4.78, 5) is 8.20. The molecule has 0 aromatic carbocycles. The fourth-order valence-electron chi connectivity index (χ4n) is 2.62. The van der Waals surface area contributed by atoms with Gasteiger partial charge in [0.15, 0.2) is 5.82 Å². The molecule has 1 fully saturated rings. The molecule has 18 heavy (non-hydrogen) atoms. The van der Waals surface area contributed by atoms with E-state index in [0.717, 1.165) is 12.3 Å². The van der Waals surface area contributed by atoms with Crippen LogP contribution in [-0.4, -0.2) is 23.1 Å². The molecule has 3 unspecified atom stereocenters. The largest absolute Gasteiger partial charge is 0.479 e. The number of nitrogens with two attached hydrogens (primary N) is 1. The van der Waals surface area contributed by atoms with Crippen LogP contribution in [0.5, 0.6) is 5.88 Å². The first-order valence-electron chi connectivity index (χ1n) is 6.54. The van der Waals surface area contributed by atoms with E-state index in [1.165, 1.54) is 19.2 Å². The van der Waals surface area contributed by atoms with Gasteiger partial charge in [-0.2, -0.15) is 4.98 Å². The van der Waals surface area contributed by atoms with E-state index in [-0.39, 0.29) is 0 Å². The molecular weight excluding hydrogens is 228 g/mol. The number of nitrogens with zero attached hydrogens (tertiary/aromatic N) is 2. The van der Waals surface area contributed by atoms with Crippen LogP contribution in [0.2, 0.25) is 0 Å². The highest BCUT2D eigenvalue weighted by molar-refractivity contribution is 5.66. The molecule has 0 saturated heterocycles. The van der Waals surface area contributed by atoms with Crippen molar-refractivity contribution < 1.29 is 4.74 Å². The number of aromatic nitrogens is 2. The third-order valence-electron chi connectivity index (χ3n) is 4.07. The molecule has 3 atom stereocenters. The predicted octanol–water partition coefficient (Wildman–Crippen LogP) is 2.30. The van der Waals surface area contributed by atoms with Gasteiger partial charge in [0.1, 0.15) is 12.0 Å². The zero-order chi connectivity index (χ0) is 13.1.